The first-order valence-corrected chi connectivity index (χ1v) is 8.81. The second-order valence-corrected chi connectivity index (χ2v) is 6.73. The summed E-state index contributed by atoms with van der Waals surface area (Å²) in [7, 11) is 0. The first kappa shape index (κ1) is 18.5. The topological polar surface area (TPSA) is 88.9 Å². The molecule has 2 aromatic carbocycles. The number of rotatable bonds is 9. The van der Waals surface area contributed by atoms with Gasteiger partial charge in [0, 0.05) is 11.5 Å². The van der Waals surface area contributed by atoms with Gasteiger partial charge in [0.25, 0.3) is 0 Å². The van der Waals surface area contributed by atoms with Crippen LogP contribution in [-0.4, -0.2) is 29.0 Å². The minimum absolute atomic E-state index is 0.224. The summed E-state index contributed by atoms with van der Waals surface area (Å²) in [6.07, 6.45) is 3.83. The fourth-order valence-electron chi connectivity index (χ4n) is 2.93. The van der Waals surface area contributed by atoms with Gasteiger partial charge in [-0.2, -0.15) is 0 Å². The summed E-state index contributed by atoms with van der Waals surface area (Å²) in [5.74, 6) is 0.767. The molecule has 5 heteroatoms. The number of hydrogen-bond donors (Lipinski definition) is 3. The first-order valence-electron chi connectivity index (χ1n) is 8.81. The molecular weight excluding hydrogens is 330 g/mol. The average molecular weight is 355 g/mol. The number of ether oxygens (including phenoxy) is 1. The third-order valence-corrected chi connectivity index (χ3v) is 4.63. The van der Waals surface area contributed by atoms with Gasteiger partial charge in [0.15, 0.2) is 0 Å². The van der Waals surface area contributed by atoms with Gasteiger partial charge in [-0.3, -0.25) is 0 Å². The van der Waals surface area contributed by atoms with Gasteiger partial charge in [0.05, 0.1) is 25.0 Å². The van der Waals surface area contributed by atoms with E-state index in [4.69, 9.17) is 14.9 Å². The number of fused-ring (bicyclic) bond motifs is 1. The molecule has 0 fully saturated rings. The van der Waals surface area contributed by atoms with Crippen LogP contribution >= 0.6 is 0 Å². The number of aliphatic hydroxyl groups is 2. The molecule has 1 aromatic heterocycles. The number of benzene rings is 2. The van der Waals surface area contributed by atoms with Crippen molar-refractivity contribution in [2.24, 2.45) is 5.73 Å². The fraction of sp³-hybridized carbons (Fsp3) is 0.333. The van der Waals surface area contributed by atoms with Crippen LogP contribution in [0.5, 0.6) is 5.75 Å². The lowest BCUT2D eigenvalue weighted by Crippen LogP contribution is -2.47. The van der Waals surface area contributed by atoms with Gasteiger partial charge in [-0.25, -0.2) is 0 Å². The molecule has 138 valence electrons. The van der Waals surface area contributed by atoms with Gasteiger partial charge in [0.1, 0.15) is 17.9 Å². The molecular formula is C21H25NO4. The normalized spacial score (nSPS) is 11.8. The summed E-state index contributed by atoms with van der Waals surface area (Å²) in [6, 6.07) is 15.9. The van der Waals surface area contributed by atoms with Crippen molar-refractivity contribution >= 4 is 11.0 Å². The molecule has 0 aliphatic rings. The molecule has 0 aliphatic carbocycles. The lowest BCUT2D eigenvalue weighted by atomic mass is 9.94. The molecule has 26 heavy (non-hydrogen) atoms. The van der Waals surface area contributed by atoms with Crippen molar-refractivity contribution in [2.45, 2.75) is 31.4 Å². The van der Waals surface area contributed by atoms with Crippen molar-refractivity contribution in [1.29, 1.82) is 0 Å². The molecule has 0 atom stereocenters. The summed E-state index contributed by atoms with van der Waals surface area (Å²) in [6.45, 7) is 0.0658. The monoisotopic (exact) mass is 355 g/mol. The predicted octanol–water partition coefficient (Wildman–Crippen LogP) is 3.02. The van der Waals surface area contributed by atoms with Crippen molar-refractivity contribution in [1.82, 2.24) is 0 Å². The molecule has 0 saturated heterocycles. The van der Waals surface area contributed by atoms with E-state index in [2.05, 4.69) is 0 Å². The quantitative estimate of drug-likeness (QED) is 0.549. The molecule has 3 aromatic rings. The Labute approximate surface area is 153 Å². The highest BCUT2D eigenvalue weighted by molar-refractivity contribution is 5.82. The summed E-state index contributed by atoms with van der Waals surface area (Å²) in [4.78, 5) is 0. The van der Waals surface area contributed by atoms with Gasteiger partial charge in [-0.05, 0) is 42.5 Å². The Kier molecular flexibility index (Phi) is 5.93. The minimum atomic E-state index is -0.919. The molecule has 3 rings (SSSR count). The van der Waals surface area contributed by atoms with Gasteiger partial charge < -0.3 is 25.1 Å². The van der Waals surface area contributed by atoms with E-state index >= 15 is 0 Å². The van der Waals surface area contributed by atoms with Gasteiger partial charge in [-0.1, -0.05) is 30.3 Å². The molecule has 0 spiro atoms. The molecule has 1 heterocycles. The number of hydrogen-bond acceptors (Lipinski definition) is 5. The Morgan fingerprint density at radius 3 is 2.54 bits per heavy atom. The lowest BCUT2D eigenvalue weighted by molar-refractivity contribution is 0.113. The van der Waals surface area contributed by atoms with Crippen LogP contribution in [0.15, 0.2) is 59.2 Å². The van der Waals surface area contributed by atoms with Crippen LogP contribution in [0.3, 0.4) is 0 Å². The van der Waals surface area contributed by atoms with Crippen LogP contribution in [0, 0.1) is 0 Å². The number of aryl methyl sites for hydroxylation is 1. The van der Waals surface area contributed by atoms with Crippen LogP contribution in [0.2, 0.25) is 0 Å². The third-order valence-electron chi connectivity index (χ3n) is 4.63. The van der Waals surface area contributed by atoms with Crippen LogP contribution in [0.25, 0.3) is 11.0 Å². The molecule has 4 N–H and O–H groups in total. The predicted molar refractivity (Wildman–Crippen MR) is 101 cm³/mol. The maximum Gasteiger partial charge on any atom is 0.137 e. The van der Waals surface area contributed by atoms with Gasteiger partial charge >= 0.3 is 0 Å². The lowest BCUT2D eigenvalue weighted by Gasteiger charge is -2.24. The Morgan fingerprint density at radius 1 is 1.04 bits per heavy atom. The van der Waals surface area contributed by atoms with Crippen molar-refractivity contribution in [3.63, 3.8) is 0 Å². The van der Waals surface area contributed by atoms with E-state index in [-0.39, 0.29) is 13.2 Å². The van der Waals surface area contributed by atoms with E-state index in [1.54, 1.807) is 6.26 Å². The van der Waals surface area contributed by atoms with Crippen molar-refractivity contribution < 1.29 is 19.4 Å². The smallest absolute Gasteiger partial charge is 0.137 e. The summed E-state index contributed by atoms with van der Waals surface area (Å²) >= 11 is 0. The second kappa shape index (κ2) is 8.36. The average Bonchev–Trinajstić information content (AvgIpc) is 3.09. The Balaban J connectivity index is 1.61. The highest BCUT2D eigenvalue weighted by atomic mass is 16.5. The van der Waals surface area contributed by atoms with Gasteiger partial charge in [-0.15, -0.1) is 0 Å². The van der Waals surface area contributed by atoms with E-state index in [0.29, 0.717) is 13.0 Å². The molecule has 0 amide bonds. The van der Waals surface area contributed by atoms with Gasteiger partial charge in [0.2, 0.25) is 0 Å². The highest BCUT2D eigenvalue weighted by Crippen LogP contribution is 2.27. The largest absolute Gasteiger partial charge is 0.489 e. The van der Waals surface area contributed by atoms with Crippen LogP contribution in [-0.2, 0) is 13.0 Å². The molecule has 0 saturated carbocycles. The molecule has 0 unspecified atom stereocenters. The van der Waals surface area contributed by atoms with Crippen molar-refractivity contribution in [2.75, 3.05) is 13.2 Å². The number of aliphatic hydroxyl groups excluding tert-OH is 2. The zero-order valence-electron chi connectivity index (χ0n) is 14.7. The summed E-state index contributed by atoms with van der Waals surface area (Å²) in [5, 5.41) is 19.6. The van der Waals surface area contributed by atoms with Crippen LogP contribution < -0.4 is 10.5 Å². The SMILES string of the molecule is NC(CO)(CO)CCCc1coc2cc(OCc3ccccc3)ccc12. The standard InChI is InChI=1S/C21H25NO4/c22-21(14-23,15-24)10-4-7-17-13-26-20-11-18(8-9-19(17)20)25-12-16-5-2-1-3-6-16/h1-3,5-6,8-9,11,13,23-24H,4,7,10,12,14-15,22H2. The van der Waals surface area contributed by atoms with E-state index in [0.717, 1.165) is 40.7 Å². The van der Waals surface area contributed by atoms with E-state index in [1.807, 2.05) is 48.5 Å². The van der Waals surface area contributed by atoms with Crippen LogP contribution in [0.1, 0.15) is 24.0 Å². The zero-order valence-corrected chi connectivity index (χ0v) is 14.7. The second-order valence-electron chi connectivity index (χ2n) is 6.73. The fourth-order valence-corrected chi connectivity index (χ4v) is 2.93. The number of furan rings is 1. The molecule has 0 aliphatic heterocycles. The van der Waals surface area contributed by atoms with Crippen LogP contribution in [0.4, 0.5) is 0 Å². The molecule has 0 radical (unpaired) electrons. The Morgan fingerprint density at radius 2 is 1.81 bits per heavy atom. The Bertz CT molecular complexity index is 824. The van der Waals surface area contributed by atoms with E-state index in [1.165, 1.54) is 0 Å². The summed E-state index contributed by atoms with van der Waals surface area (Å²) < 4.78 is 11.5. The summed E-state index contributed by atoms with van der Waals surface area (Å²) in [5.41, 5.74) is 7.98. The van der Waals surface area contributed by atoms with E-state index < -0.39 is 5.54 Å². The maximum atomic E-state index is 9.26. The minimum Gasteiger partial charge on any atom is -0.489 e. The zero-order chi connectivity index (χ0) is 18.4. The van der Waals surface area contributed by atoms with Crippen molar-refractivity contribution in [3.05, 3.63) is 65.9 Å². The van der Waals surface area contributed by atoms with Crippen molar-refractivity contribution in [3.8, 4) is 5.75 Å². The Hall–Kier alpha value is -2.34. The third kappa shape index (κ3) is 4.43. The first-order chi connectivity index (χ1) is 12.6. The van der Waals surface area contributed by atoms with E-state index in [9.17, 15) is 10.2 Å². The maximum absolute atomic E-state index is 9.26. The highest BCUT2D eigenvalue weighted by Gasteiger charge is 2.22. The molecule has 5 nitrogen and oxygen atoms in total. The molecule has 0 bridgehead atoms. The number of nitrogens with two attached hydrogens (primary N) is 1.